The lowest BCUT2D eigenvalue weighted by Crippen LogP contribution is -2.32. The van der Waals surface area contributed by atoms with Gasteiger partial charge in [-0.05, 0) is 44.9 Å². The molecule has 0 aromatic rings. The van der Waals surface area contributed by atoms with Crippen LogP contribution in [0.25, 0.3) is 0 Å². The maximum absolute atomic E-state index is 9.57. The first-order chi connectivity index (χ1) is 7.04. The molecule has 1 rings (SSSR count). The third-order valence-electron chi connectivity index (χ3n) is 4.06. The Labute approximate surface area is 94.0 Å². The highest BCUT2D eigenvalue weighted by molar-refractivity contribution is 4.84. The van der Waals surface area contributed by atoms with Gasteiger partial charge in [-0.3, -0.25) is 0 Å². The standard InChI is InChI=1S/C13H26O2/c1-12(2,15-3)9-10-13(11-14)7-5-4-6-8-13/h14H,4-11H2,1-3H3. The van der Waals surface area contributed by atoms with E-state index in [4.69, 9.17) is 4.74 Å². The molecule has 0 aliphatic heterocycles. The summed E-state index contributed by atoms with van der Waals surface area (Å²) in [6, 6.07) is 0. The number of hydrogen-bond acceptors (Lipinski definition) is 2. The van der Waals surface area contributed by atoms with Crippen LogP contribution in [0.3, 0.4) is 0 Å². The van der Waals surface area contributed by atoms with Crippen molar-refractivity contribution in [2.75, 3.05) is 13.7 Å². The average molecular weight is 214 g/mol. The molecule has 0 saturated heterocycles. The molecule has 0 heterocycles. The average Bonchev–Trinajstić information content (AvgIpc) is 2.28. The minimum Gasteiger partial charge on any atom is -0.396 e. The Hall–Kier alpha value is -0.0800. The number of hydrogen-bond donors (Lipinski definition) is 1. The predicted molar refractivity (Wildman–Crippen MR) is 62.9 cm³/mol. The molecule has 90 valence electrons. The van der Waals surface area contributed by atoms with Crippen LogP contribution in [0.15, 0.2) is 0 Å². The SMILES string of the molecule is COC(C)(C)CCC1(CO)CCCCC1. The van der Waals surface area contributed by atoms with E-state index in [1.807, 2.05) is 0 Å². The first-order valence-electron chi connectivity index (χ1n) is 6.20. The van der Waals surface area contributed by atoms with Gasteiger partial charge in [-0.1, -0.05) is 19.3 Å². The van der Waals surface area contributed by atoms with Crippen LogP contribution < -0.4 is 0 Å². The highest BCUT2D eigenvalue weighted by Gasteiger charge is 2.33. The molecule has 0 radical (unpaired) electrons. The summed E-state index contributed by atoms with van der Waals surface area (Å²) in [6.07, 6.45) is 8.46. The van der Waals surface area contributed by atoms with E-state index in [0.29, 0.717) is 6.61 Å². The van der Waals surface area contributed by atoms with Crippen molar-refractivity contribution in [3.63, 3.8) is 0 Å². The van der Waals surface area contributed by atoms with E-state index in [1.54, 1.807) is 7.11 Å². The van der Waals surface area contributed by atoms with Crippen molar-refractivity contribution in [3.8, 4) is 0 Å². The maximum Gasteiger partial charge on any atom is 0.0623 e. The molecule has 1 aliphatic rings. The molecule has 0 unspecified atom stereocenters. The van der Waals surface area contributed by atoms with E-state index in [1.165, 1.54) is 32.1 Å². The molecule has 0 atom stereocenters. The molecular weight excluding hydrogens is 188 g/mol. The van der Waals surface area contributed by atoms with Crippen molar-refractivity contribution in [2.24, 2.45) is 5.41 Å². The maximum atomic E-state index is 9.57. The molecule has 1 fully saturated rings. The van der Waals surface area contributed by atoms with Gasteiger partial charge in [0.2, 0.25) is 0 Å². The van der Waals surface area contributed by atoms with Crippen molar-refractivity contribution < 1.29 is 9.84 Å². The molecule has 2 nitrogen and oxygen atoms in total. The third kappa shape index (κ3) is 3.76. The number of aliphatic hydroxyl groups is 1. The Morgan fingerprint density at radius 2 is 1.80 bits per heavy atom. The minimum absolute atomic E-state index is 0.0420. The first kappa shape index (κ1) is 13.0. The highest BCUT2D eigenvalue weighted by Crippen LogP contribution is 2.41. The lowest BCUT2D eigenvalue weighted by Gasteiger charge is -2.38. The fourth-order valence-corrected chi connectivity index (χ4v) is 2.46. The molecule has 1 N–H and O–H groups in total. The Kier molecular flexibility index (Phi) is 4.60. The summed E-state index contributed by atoms with van der Waals surface area (Å²) in [6.45, 7) is 4.61. The predicted octanol–water partition coefficient (Wildman–Crippen LogP) is 3.13. The van der Waals surface area contributed by atoms with Gasteiger partial charge < -0.3 is 9.84 Å². The van der Waals surface area contributed by atoms with Gasteiger partial charge in [0.1, 0.15) is 0 Å². The van der Waals surface area contributed by atoms with Gasteiger partial charge in [0, 0.05) is 13.7 Å². The second-order valence-corrected chi connectivity index (χ2v) is 5.68. The van der Waals surface area contributed by atoms with Crippen LogP contribution in [0.4, 0.5) is 0 Å². The Balaban J connectivity index is 2.45. The van der Waals surface area contributed by atoms with E-state index < -0.39 is 0 Å². The first-order valence-corrected chi connectivity index (χ1v) is 6.20. The smallest absolute Gasteiger partial charge is 0.0623 e. The normalized spacial score (nSPS) is 21.6. The van der Waals surface area contributed by atoms with E-state index in [0.717, 1.165) is 12.8 Å². The summed E-state index contributed by atoms with van der Waals surface area (Å²) >= 11 is 0. The van der Waals surface area contributed by atoms with Gasteiger partial charge in [0.05, 0.1) is 5.60 Å². The van der Waals surface area contributed by atoms with Crippen LogP contribution in [-0.2, 0) is 4.74 Å². The zero-order valence-corrected chi connectivity index (χ0v) is 10.5. The van der Waals surface area contributed by atoms with E-state index >= 15 is 0 Å². The van der Waals surface area contributed by atoms with Crippen LogP contribution in [0.5, 0.6) is 0 Å². The van der Waals surface area contributed by atoms with Crippen molar-refractivity contribution in [1.82, 2.24) is 0 Å². The molecule has 0 spiro atoms. The number of aliphatic hydroxyl groups excluding tert-OH is 1. The van der Waals surface area contributed by atoms with Crippen molar-refractivity contribution in [1.29, 1.82) is 0 Å². The molecule has 1 saturated carbocycles. The van der Waals surface area contributed by atoms with Gasteiger partial charge in [0.25, 0.3) is 0 Å². The van der Waals surface area contributed by atoms with Crippen LogP contribution >= 0.6 is 0 Å². The molecule has 0 aromatic heterocycles. The summed E-state index contributed by atoms with van der Waals surface area (Å²) in [4.78, 5) is 0. The summed E-state index contributed by atoms with van der Waals surface area (Å²) in [7, 11) is 1.77. The van der Waals surface area contributed by atoms with Crippen LogP contribution in [0.2, 0.25) is 0 Å². The topological polar surface area (TPSA) is 29.5 Å². The van der Waals surface area contributed by atoms with Gasteiger partial charge in [-0.2, -0.15) is 0 Å². The molecule has 2 heteroatoms. The zero-order valence-electron chi connectivity index (χ0n) is 10.5. The van der Waals surface area contributed by atoms with E-state index in [9.17, 15) is 5.11 Å². The monoisotopic (exact) mass is 214 g/mol. The number of methoxy groups -OCH3 is 1. The van der Waals surface area contributed by atoms with E-state index in [-0.39, 0.29) is 11.0 Å². The fraction of sp³-hybridized carbons (Fsp3) is 1.00. The van der Waals surface area contributed by atoms with Gasteiger partial charge in [0.15, 0.2) is 0 Å². The molecule has 0 bridgehead atoms. The summed E-state index contributed by atoms with van der Waals surface area (Å²) in [5.74, 6) is 0. The fourth-order valence-electron chi connectivity index (χ4n) is 2.46. The molecular formula is C13H26O2. The largest absolute Gasteiger partial charge is 0.396 e. The Morgan fingerprint density at radius 1 is 1.20 bits per heavy atom. The summed E-state index contributed by atoms with van der Waals surface area (Å²) in [5, 5.41) is 9.57. The quantitative estimate of drug-likeness (QED) is 0.762. The minimum atomic E-state index is -0.0420. The molecule has 0 amide bonds. The second-order valence-electron chi connectivity index (χ2n) is 5.68. The van der Waals surface area contributed by atoms with Crippen LogP contribution in [0, 0.1) is 5.41 Å². The Bertz CT molecular complexity index is 181. The lowest BCUT2D eigenvalue weighted by molar-refractivity contribution is -0.0111. The van der Waals surface area contributed by atoms with Crippen LogP contribution in [-0.4, -0.2) is 24.4 Å². The zero-order chi connectivity index (χ0) is 11.4. The number of ether oxygens (including phenoxy) is 1. The lowest BCUT2D eigenvalue weighted by atomic mass is 9.70. The molecule has 15 heavy (non-hydrogen) atoms. The molecule has 0 aromatic carbocycles. The highest BCUT2D eigenvalue weighted by atomic mass is 16.5. The van der Waals surface area contributed by atoms with Gasteiger partial charge >= 0.3 is 0 Å². The van der Waals surface area contributed by atoms with Gasteiger partial charge in [-0.25, -0.2) is 0 Å². The third-order valence-corrected chi connectivity index (χ3v) is 4.06. The summed E-state index contributed by atoms with van der Waals surface area (Å²) in [5.41, 5.74) is 0.160. The van der Waals surface area contributed by atoms with Crippen molar-refractivity contribution in [3.05, 3.63) is 0 Å². The van der Waals surface area contributed by atoms with Crippen molar-refractivity contribution in [2.45, 2.75) is 64.4 Å². The Morgan fingerprint density at radius 3 is 2.27 bits per heavy atom. The second kappa shape index (κ2) is 5.31. The van der Waals surface area contributed by atoms with Gasteiger partial charge in [-0.15, -0.1) is 0 Å². The van der Waals surface area contributed by atoms with Crippen LogP contribution in [0.1, 0.15) is 58.8 Å². The molecule has 1 aliphatic carbocycles. The van der Waals surface area contributed by atoms with E-state index in [2.05, 4.69) is 13.8 Å². The summed E-state index contributed by atoms with van der Waals surface area (Å²) < 4.78 is 5.44. The number of rotatable bonds is 5. The van der Waals surface area contributed by atoms with Crippen molar-refractivity contribution >= 4 is 0 Å².